The molecule has 0 bridgehead atoms. The highest BCUT2D eigenvalue weighted by Gasteiger charge is 2.36. The number of rotatable bonds is 4. The van der Waals surface area contributed by atoms with Crippen molar-refractivity contribution in [2.75, 3.05) is 6.54 Å². The van der Waals surface area contributed by atoms with Crippen molar-refractivity contribution < 1.29 is 9.21 Å². The molecule has 0 amide bonds. The number of ketones is 1. The lowest BCUT2D eigenvalue weighted by atomic mass is 9.75. The van der Waals surface area contributed by atoms with Gasteiger partial charge in [-0.1, -0.05) is 25.7 Å². The molecule has 1 heterocycles. The van der Waals surface area contributed by atoms with Crippen molar-refractivity contribution in [3.63, 3.8) is 0 Å². The van der Waals surface area contributed by atoms with E-state index in [0.717, 1.165) is 31.4 Å². The fraction of sp³-hybridized carbons (Fsp3) is 0.643. The lowest BCUT2D eigenvalue weighted by Gasteiger charge is -2.29. The second-order valence-electron chi connectivity index (χ2n) is 5.08. The Morgan fingerprint density at radius 1 is 1.29 bits per heavy atom. The molecule has 2 N–H and O–H groups in total. The summed E-state index contributed by atoms with van der Waals surface area (Å²) in [6.07, 6.45) is 8.62. The monoisotopic (exact) mass is 235 g/mol. The van der Waals surface area contributed by atoms with Gasteiger partial charge in [0.25, 0.3) is 0 Å². The Morgan fingerprint density at radius 3 is 2.53 bits per heavy atom. The summed E-state index contributed by atoms with van der Waals surface area (Å²) in [5.41, 5.74) is 5.60. The standard InChI is InChI=1S/C14H21NO2/c15-11-14(7-3-1-2-4-8-14)13(16)10-12-6-5-9-17-12/h5-6,9H,1-4,7-8,10-11,15H2. The first-order valence-electron chi connectivity index (χ1n) is 6.53. The molecule has 0 atom stereocenters. The van der Waals surface area contributed by atoms with Crippen LogP contribution in [0.5, 0.6) is 0 Å². The third-order valence-electron chi connectivity index (χ3n) is 3.96. The summed E-state index contributed by atoms with van der Waals surface area (Å²) in [6.45, 7) is 0.479. The summed E-state index contributed by atoms with van der Waals surface area (Å²) in [4.78, 5) is 12.4. The maximum atomic E-state index is 12.4. The minimum atomic E-state index is -0.288. The summed E-state index contributed by atoms with van der Waals surface area (Å²) < 4.78 is 5.25. The van der Waals surface area contributed by atoms with E-state index in [4.69, 9.17) is 10.2 Å². The highest BCUT2D eigenvalue weighted by molar-refractivity contribution is 5.86. The van der Waals surface area contributed by atoms with Crippen LogP contribution < -0.4 is 5.73 Å². The highest BCUT2D eigenvalue weighted by Crippen LogP contribution is 2.35. The average molecular weight is 235 g/mol. The molecule has 3 nitrogen and oxygen atoms in total. The first kappa shape index (κ1) is 12.4. The van der Waals surface area contributed by atoms with Gasteiger partial charge in [-0.15, -0.1) is 0 Å². The number of hydrogen-bond donors (Lipinski definition) is 1. The van der Waals surface area contributed by atoms with Gasteiger partial charge in [0.15, 0.2) is 0 Å². The van der Waals surface area contributed by atoms with Gasteiger partial charge in [0.1, 0.15) is 11.5 Å². The summed E-state index contributed by atoms with van der Waals surface area (Å²) in [5.74, 6) is 1.02. The molecule has 17 heavy (non-hydrogen) atoms. The maximum Gasteiger partial charge on any atom is 0.147 e. The van der Waals surface area contributed by atoms with Gasteiger partial charge in [-0.25, -0.2) is 0 Å². The normalized spacial score (nSPS) is 19.8. The number of carbonyl (C=O) groups is 1. The molecule has 1 aliphatic rings. The molecule has 0 unspecified atom stereocenters. The Kier molecular flexibility index (Phi) is 4.00. The van der Waals surface area contributed by atoms with Crippen molar-refractivity contribution in [2.45, 2.75) is 44.9 Å². The van der Waals surface area contributed by atoms with E-state index >= 15 is 0 Å². The van der Waals surface area contributed by atoms with Crippen LogP contribution in [0.3, 0.4) is 0 Å². The number of carbonyl (C=O) groups excluding carboxylic acids is 1. The van der Waals surface area contributed by atoms with E-state index in [1.54, 1.807) is 6.26 Å². The van der Waals surface area contributed by atoms with Gasteiger partial charge in [0.05, 0.1) is 12.7 Å². The van der Waals surface area contributed by atoms with Crippen molar-refractivity contribution in [1.82, 2.24) is 0 Å². The van der Waals surface area contributed by atoms with Crippen molar-refractivity contribution in [1.29, 1.82) is 0 Å². The third kappa shape index (κ3) is 2.78. The number of hydrogen-bond acceptors (Lipinski definition) is 3. The predicted octanol–water partition coefficient (Wildman–Crippen LogP) is 2.69. The van der Waals surface area contributed by atoms with Crippen LogP contribution in [0.15, 0.2) is 22.8 Å². The second kappa shape index (κ2) is 5.50. The zero-order chi connectivity index (χ0) is 12.1. The first-order valence-corrected chi connectivity index (χ1v) is 6.53. The Hall–Kier alpha value is -1.09. The molecule has 1 aliphatic carbocycles. The molecule has 0 radical (unpaired) electrons. The average Bonchev–Trinajstić information content (AvgIpc) is 2.72. The van der Waals surface area contributed by atoms with E-state index in [1.807, 2.05) is 12.1 Å². The second-order valence-corrected chi connectivity index (χ2v) is 5.08. The summed E-state index contributed by atoms with van der Waals surface area (Å²) in [6, 6.07) is 3.68. The lowest BCUT2D eigenvalue weighted by molar-refractivity contribution is -0.128. The summed E-state index contributed by atoms with van der Waals surface area (Å²) in [5, 5.41) is 0. The Labute approximate surface area is 102 Å². The molecule has 2 rings (SSSR count). The molecule has 3 heteroatoms. The van der Waals surface area contributed by atoms with Gasteiger partial charge in [-0.3, -0.25) is 4.79 Å². The van der Waals surface area contributed by atoms with Crippen LogP contribution in [-0.2, 0) is 11.2 Å². The van der Waals surface area contributed by atoms with Gasteiger partial charge in [0, 0.05) is 12.0 Å². The molecular formula is C14H21NO2. The van der Waals surface area contributed by atoms with Crippen LogP contribution in [-0.4, -0.2) is 12.3 Å². The molecule has 1 saturated carbocycles. The van der Waals surface area contributed by atoms with Crippen LogP contribution in [0.25, 0.3) is 0 Å². The van der Waals surface area contributed by atoms with Crippen molar-refractivity contribution in [3.05, 3.63) is 24.2 Å². The minimum absolute atomic E-state index is 0.261. The SMILES string of the molecule is NCC1(C(=O)Cc2ccco2)CCCCCC1. The van der Waals surface area contributed by atoms with Crippen LogP contribution in [0, 0.1) is 5.41 Å². The predicted molar refractivity (Wildman–Crippen MR) is 66.6 cm³/mol. The van der Waals surface area contributed by atoms with E-state index in [2.05, 4.69) is 0 Å². The van der Waals surface area contributed by atoms with Gasteiger partial charge in [-0.2, -0.15) is 0 Å². The topological polar surface area (TPSA) is 56.2 Å². The molecule has 0 saturated heterocycles. The first-order chi connectivity index (χ1) is 8.27. The van der Waals surface area contributed by atoms with Gasteiger partial charge in [0.2, 0.25) is 0 Å². The summed E-state index contributed by atoms with van der Waals surface area (Å²) >= 11 is 0. The van der Waals surface area contributed by atoms with Crippen LogP contribution in [0.4, 0.5) is 0 Å². The van der Waals surface area contributed by atoms with Crippen molar-refractivity contribution in [3.8, 4) is 0 Å². The van der Waals surface area contributed by atoms with E-state index < -0.39 is 0 Å². The molecular weight excluding hydrogens is 214 g/mol. The van der Waals surface area contributed by atoms with Crippen LogP contribution in [0.2, 0.25) is 0 Å². The number of furan rings is 1. The molecule has 94 valence electrons. The zero-order valence-corrected chi connectivity index (χ0v) is 10.3. The number of Topliss-reactive ketones (excluding diaryl/α,β-unsaturated/α-hetero) is 1. The molecule has 0 aromatic carbocycles. The molecule has 0 aliphatic heterocycles. The van der Waals surface area contributed by atoms with E-state index in [1.165, 1.54) is 12.8 Å². The quantitative estimate of drug-likeness (QED) is 0.816. The van der Waals surface area contributed by atoms with E-state index in [0.29, 0.717) is 13.0 Å². The van der Waals surface area contributed by atoms with Crippen LogP contribution in [0.1, 0.15) is 44.3 Å². The van der Waals surface area contributed by atoms with Crippen molar-refractivity contribution in [2.24, 2.45) is 11.1 Å². The minimum Gasteiger partial charge on any atom is -0.469 e. The van der Waals surface area contributed by atoms with Gasteiger partial charge in [-0.05, 0) is 25.0 Å². The Balaban J connectivity index is 2.07. The van der Waals surface area contributed by atoms with Crippen LogP contribution >= 0.6 is 0 Å². The van der Waals surface area contributed by atoms with Gasteiger partial charge >= 0.3 is 0 Å². The van der Waals surface area contributed by atoms with Gasteiger partial charge < -0.3 is 10.2 Å². The largest absolute Gasteiger partial charge is 0.469 e. The summed E-state index contributed by atoms with van der Waals surface area (Å²) in [7, 11) is 0. The van der Waals surface area contributed by atoms with Crippen molar-refractivity contribution >= 4 is 5.78 Å². The maximum absolute atomic E-state index is 12.4. The zero-order valence-electron chi connectivity index (χ0n) is 10.3. The Bertz CT molecular complexity index is 348. The smallest absolute Gasteiger partial charge is 0.147 e. The molecule has 1 aromatic heterocycles. The third-order valence-corrected chi connectivity index (χ3v) is 3.96. The molecule has 1 aromatic rings. The fourth-order valence-electron chi connectivity index (χ4n) is 2.76. The lowest BCUT2D eigenvalue weighted by Crippen LogP contribution is -2.39. The van der Waals surface area contributed by atoms with E-state index in [9.17, 15) is 4.79 Å². The fourth-order valence-corrected chi connectivity index (χ4v) is 2.76. The Morgan fingerprint density at radius 2 is 2.00 bits per heavy atom. The highest BCUT2D eigenvalue weighted by atomic mass is 16.3. The molecule has 0 spiro atoms. The number of nitrogens with two attached hydrogens (primary N) is 1. The van der Waals surface area contributed by atoms with E-state index in [-0.39, 0.29) is 11.2 Å². The molecule has 1 fully saturated rings.